The summed E-state index contributed by atoms with van der Waals surface area (Å²) in [6.45, 7) is 8.67. The molecule has 0 bridgehead atoms. The van der Waals surface area contributed by atoms with Crippen molar-refractivity contribution in [3.63, 3.8) is 0 Å². The van der Waals surface area contributed by atoms with E-state index in [0.29, 0.717) is 5.92 Å². The topological polar surface area (TPSA) is 80.3 Å². The van der Waals surface area contributed by atoms with Crippen molar-refractivity contribution in [1.82, 2.24) is 15.6 Å². The van der Waals surface area contributed by atoms with Crippen LogP contribution in [0.5, 0.6) is 0 Å². The molecule has 132 valence electrons. The Balaban J connectivity index is 2.02. The number of nitrogens with one attached hydrogen (secondary N) is 2. The number of alkyl carbamates (subject to hydrolysis) is 1. The molecule has 1 saturated carbocycles. The molecule has 0 radical (unpaired) electrons. The van der Waals surface area contributed by atoms with Crippen LogP contribution in [0.2, 0.25) is 0 Å². The number of hydrogen-bond acceptors (Lipinski definition) is 4. The van der Waals surface area contributed by atoms with Gasteiger partial charge in [0.15, 0.2) is 0 Å². The standard InChI is InChI=1S/C18H27N3O3/c1-17(2,3)24-16(23)21-18(4,5)15(22)20-14(12-9-10-12)13-8-6-7-11-19-13/h6-8,11-12,14H,9-10H2,1-5H3,(H,20,22)(H,21,23). The third-order valence-corrected chi connectivity index (χ3v) is 3.77. The number of carbonyl (C=O) groups is 2. The van der Waals surface area contributed by atoms with Crippen LogP contribution in [0.3, 0.4) is 0 Å². The van der Waals surface area contributed by atoms with Crippen molar-refractivity contribution in [3.05, 3.63) is 30.1 Å². The average molecular weight is 333 g/mol. The number of rotatable bonds is 5. The predicted molar refractivity (Wildman–Crippen MR) is 91.3 cm³/mol. The lowest BCUT2D eigenvalue weighted by molar-refractivity contribution is -0.127. The summed E-state index contributed by atoms with van der Waals surface area (Å²) in [6, 6.07) is 5.55. The van der Waals surface area contributed by atoms with Gasteiger partial charge in [0.1, 0.15) is 11.1 Å². The van der Waals surface area contributed by atoms with Crippen LogP contribution in [-0.2, 0) is 9.53 Å². The van der Waals surface area contributed by atoms with Crippen LogP contribution in [0.15, 0.2) is 24.4 Å². The molecule has 2 amide bonds. The fraction of sp³-hybridized carbons (Fsp3) is 0.611. The van der Waals surface area contributed by atoms with E-state index in [1.54, 1.807) is 40.8 Å². The van der Waals surface area contributed by atoms with Gasteiger partial charge in [0, 0.05) is 6.20 Å². The molecule has 0 aliphatic heterocycles. The first kappa shape index (κ1) is 18.2. The molecule has 6 heteroatoms. The number of carbonyl (C=O) groups excluding carboxylic acids is 2. The Labute approximate surface area is 143 Å². The second-order valence-corrected chi connectivity index (χ2v) is 7.80. The summed E-state index contributed by atoms with van der Waals surface area (Å²) in [7, 11) is 0. The van der Waals surface area contributed by atoms with Crippen molar-refractivity contribution in [1.29, 1.82) is 0 Å². The summed E-state index contributed by atoms with van der Waals surface area (Å²) in [5.74, 6) is 0.150. The van der Waals surface area contributed by atoms with E-state index in [1.165, 1.54) is 0 Å². The zero-order chi connectivity index (χ0) is 18.0. The quantitative estimate of drug-likeness (QED) is 0.868. The largest absolute Gasteiger partial charge is 0.444 e. The summed E-state index contributed by atoms with van der Waals surface area (Å²) >= 11 is 0. The molecule has 0 spiro atoms. The van der Waals surface area contributed by atoms with E-state index in [0.717, 1.165) is 18.5 Å². The second kappa shape index (κ2) is 6.79. The van der Waals surface area contributed by atoms with E-state index < -0.39 is 17.2 Å². The van der Waals surface area contributed by atoms with Crippen LogP contribution in [0.25, 0.3) is 0 Å². The molecule has 0 saturated heterocycles. The third-order valence-electron chi connectivity index (χ3n) is 3.77. The molecule has 1 aliphatic carbocycles. The van der Waals surface area contributed by atoms with Crippen molar-refractivity contribution in [3.8, 4) is 0 Å². The van der Waals surface area contributed by atoms with Crippen LogP contribution >= 0.6 is 0 Å². The Bertz CT molecular complexity index is 589. The highest BCUT2D eigenvalue weighted by molar-refractivity contribution is 5.89. The highest BCUT2D eigenvalue weighted by atomic mass is 16.6. The fourth-order valence-corrected chi connectivity index (χ4v) is 2.36. The third kappa shape index (κ3) is 5.22. The lowest BCUT2D eigenvalue weighted by atomic mass is 10.0. The SMILES string of the molecule is CC(C)(C)OC(=O)NC(C)(C)C(=O)NC(c1ccccn1)C1CC1. The highest BCUT2D eigenvalue weighted by Gasteiger charge is 2.38. The fourth-order valence-electron chi connectivity index (χ4n) is 2.36. The molecule has 6 nitrogen and oxygen atoms in total. The summed E-state index contributed by atoms with van der Waals surface area (Å²) in [4.78, 5) is 29.0. The van der Waals surface area contributed by atoms with Gasteiger partial charge in [-0.15, -0.1) is 0 Å². The van der Waals surface area contributed by atoms with Gasteiger partial charge in [0.05, 0.1) is 11.7 Å². The molecular formula is C18H27N3O3. The maximum Gasteiger partial charge on any atom is 0.408 e. The zero-order valence-electron chi connectivity index (χ0n) is 15.1. The number of pyridine rings is 1. The number of aromatic nitrogens is 1. The van der Waals surface area contributed by atoms with Crippen molar-refractivity contribution in [2.24, 2.45) is 5.92 Å². The van der Waals surface area contributed by atoms with Crippen LogP contribution in [0, 0.1) is 5.92 Å². The Morgan fingerprint density at radius 2 is 1.88 bits per heavy atom. The molecular weight excluding hydrogens is 306 g/mol. The van der Waals surface area contributed by atoms with Gasteiger partial charge in [-0.1, -0.05) is 6.07 Å². The first-order valence-electron chi connectivity index (χ1n) is 8.31. The van der Waals surface area contributed by atoms with E-state index in [1.807, 2.05) is 18.2 Å². The number of nitrogens with zero attached hydrogens (tertiary/aromatic N) is 1. The van der Waals surface area contributed by atoms with Crippen molar-refractivity contribution < 1.29 is 14.3 Å². The second-order valence-electron chi connectivity index (χ2n) is 7.80. The van der Waals surface area contributed by atoms with Gasteiger partial charge in [0.2, 0.25) is 5.91 Å². The van der Waals surface area contributed by atoms with Gasteiger partial charge in [-0.3, -0.25) is 9.78 Å². The maximum absolute atomic E-state index is 12.7. The van der Waals surface area contributed by atoms with E-state index >= 15 is 0 Å². The van der Waals surface area contributed by atoms with Crippen LogP contribution in [-0.4, -0.2) is 28.1 Å². The predicted octanol–water partition coefficient (Wildman–Crippen LogP) is 2.95. The summed E-state index contributed by atoms with van der Waals surface area (Å²) in [5, 5.41) is 5.67. The minimum Gasteiger partial charge on any atom is -0.444 e. The molecule has 1 heterocycles. The van der Waals surface area contributed by atoms with Gasteiger partial charge in [0.25, 0.3) is 0 Å². The van der Waals surface area contributed by atoms with Gasteiger partial charge >= 0.3 is 6.09 Å². The van der Waals surface area contributed by atoms with Crippen molar-refractivity contribution in [2.75, 3.05) is 0 Å². The van der Waals surface area contributed by atoms with Crippen LogP contribution in [0.1, 0.15) is 59.2 Å². The lowest BCUT2D eigenvalue weighted by Crippen LogP contribution is -2.56. The molecule has 1 aromatic heterocycles. The van der Waals surface area contributed by atoms with Crippen molar-refractivity contribution in [2.45, 2.75) is 64.6 Å². The Kier molecular flexibility index (Phi) is 5.16. The first-order valence-corrected chi connectivity index (χ1v) is 8.31. The van der Waals surface area contributed by atoms with Crippen LogP contribution in [0.4, 0.5) is 4.79 Å². The van der Waals surface area contributed by atoms with Gasteiger partial charge in [-0.25, -0.2) is 4.79 Å². The van der Waals surface area contributed by atoms with E-state index in [-0.39, 0.29) is 11.9 Å². The van der Waals surface area contributed by atoms with Gasteiger partial charge in [-0.2, -0.15) is 0 Å². The Morgan fingerprint density at radius 1 is 1.21 bits per heavy atom. The molecule has 2 rings (SSSR count). The van der Waals surface area contributed by atoms with Gasteiger partial charge < -0.3 is 15.4 Å². The summed E-state index contributed by atoms with van der Waals surface area (Å²) in [6.07, 6.45) is 3.26. The minimum absolute atomic E-state index is 0.126. The van der Waals surface area contributed by atoms with E-state index in [4.69, 9.17) is 4.74 Å². The molecule has 24 heavy (non-hydrogen) atoms. The summed E-state index contributed by atoms with van der Waals surface area (Å²) in [5.41, 5.74) is -0.841. The van der Waals surface area contributed by atoms with Crippen LogP contribution < -0.4 is 10.6 Å². The molecule has 1 unspecified atom stereocenters. The molecule has 1 fully saturated rings. The lowest BCUT2D eigenvalue weighted by Gasteiger charge is -2.29. The average Bonchev–Trinajstić information content (AvgIpc) is 3.27. The van der Waals surface area contributed by atoms with Crippen molar-refractivity contribution >= 4 is 12.0 Å². The Morgan fingerprint density at radius 3 is 2.38 bits per heavy atom. The highest BCUT2D eigenvalue weighted by Crippen LogP contribution is 2.40. The first-order chi connectivity index (χ1) is 11.1. The Hall–Kier alpha value is -2.11. The molecule has 1 atom stereocenters. The van der Waals surface area contributed by atoms with E-state index in [9.17, 15) is 9.59 Å². The van der Waals surface area contributed by atoms with Gasteiger partial charge in [-0.05, 0) is 65.5 Å². The minimum atomic E-state index is -1.08. The maximum atomic E-state index is 12.7. The summed E-state index contributed by atoms with van der Waals surface area (Å²) < 4.78 is 5.23. The molecule has 0 aromatic carbocycles. The zero-order valence-corrected chi connectivity index (χ0v) is 15.1. The normalized spacial score (nSPS) is 16.2. The molecule has 1 aliphatic rings. The smallest absolute Gasteiger partial charge is 0.408 e. The number of amides is 2. The number of hydrogen-bond donors (Lipinski definition) is 2. The molecule has 1 aromatic rings. The van der Waals surface area contributed by atoms with E-state index in [2.05, 4.69) is 15.6 Å². The molecule has 2 N–H and O–H groups in total. The number of ether oxygens (including phenoxy) is 1. The monoisotopic (exact) mass is 333 g/mol.